The zero-order chi connectivity index (χ0) is 17.5. The number of aromatic nitrogens is 2. The van der Waals surface area contributed by atoms with Crippen LogP contribution in [-0.4, -0.2) is 67.6 Å². The molecule has 0 spiro atoms. The van der Waals surface area contributed by atoms with Crippen molar-refractivity contribution in [3.8, 4) is 11.5 Å². The van der Waals surface area contributed by atoms with Gasteiger partial charge < -0.3 is 24.4 Å². The maximum atomic E-state index is 10.3. The second-order valence-electron chi connectivity index (χ2n) is 6.13. The zero-order valence-electron chi connectivity index (χ0n) is 14.5. The molecule has 3 rings (SSSR count). The SMILES string of the molecule is COc1cccc(OC[C@@H](O)C[NH+]2CCN(c3ncccn3)CC2)c1. The van der Waals surface area contributed by atoms with Gasteiger partial charge in [-0.1, -0.05) is 6.07 Å². The van der Waals surface area contributed by atoms with Crippen LogP contribution in [0.2, 0.25) is 0 Å². The third kappa shape index (κ3) is 5.04. The molecular weight excluding hydrogens is 320 g/mol. The molecule has 0 unspecified atom stereocenters. The van der Waals surface area contributed by atoms with Crippen molar-refractivity contribution in [2.75, 3.05) is 51.3 Å². The summed E-state index contributed by atoms with van der Waals surface area (Å²) in [5.74, 6) is 2.24. The van der Waals surface area contributed by atoms with E-state index in [1.54, 1.807) is 19.5 Å². The number of piperazine rings is 1. The number of ether oxygens (including phenoxy) is 2. The van der Waals surface area contributed by atoms with Gasteiger partial charge in [0, 0.05) is 18.5 Å². The summed E-state index contributed by atoms with van der Waals surface area (Å²) >= 11 is 0. The van der Waals surface area contributed by atoms with E-state index in [2.05, 4.69) is 14.9 Å². The standard InChI is InChI=1S/C18H24N4O3/c1-24-16-4-2-5-17(12-16)25-14-15(23)13-21-8-10-22(11-9-21)18-19-6-3-7-20-18/h2-7,12,15,23H,8-11,13-14H2,1H3/p+1/t15-/m0/s1. The third-order valence-electron chi connectivity index (χ3n) is 4.31. The van der Waals surface area contributed by atoms with Crippen LogP contribution in [0.4, 0.5) is 5.95 Å². The van der Waals surface area contributed by atoms with Gasteiger partial charge in [0.05, 0.1) is 33.3 Å². The summed E-state index contributed by atoms with van der Waals surface area (Å²) in [4.78, 5) is 12.1. The molecule has 7 heteroatoms. The van der Waals surface area contributed by atoms with Crippen molar-refractivity contribution in [1.82, 2.24) is 9.97 Å². The largest absolute Gasteiger partial charge is 0.497 e. The van der Waals surface area contributed by atoms with E-state index >= 15 is 0 Å². The Morgan fingerprint density at radius 1 is 1.16 bits per heavy atom. The van der Waals surface area contributed by atoms with E-state index < -0.39 is 6.10 Å². The Morgan fingerprint density at radius 2 is 1.88 bits per heavy atom. The Morgan fingerprint density at radius 3 is 2.60 bits per heavy atom. The van der Waals surface area contributed by atoms with Crippen LogP contribution >= 0.6 is 0 Å². The number of rotatable bonds is 7. The van der Waals surface area contributed by atoms with E-state index in [9.17, 15) is 5.11 Å². The van der Waals surface area contributed by atoms with E-state index in [1.165, 1.54) is 4.90 Å². The predicted octanol–water partition coefficient (Wildman–Crippen LogP) is -0.370. The summed E-state index contributed by atoms with van der Waals surface area (Å²) in [6.45, 7) is 4.64. The lowest BCUT2D eigenvalue weighted by Gasteiger charge is -2.32. The van der Waals surface area contributed by atoms with Crippen LogP contribution < -0.4 is 19.3 Å². The number of hydrogen-bond acceptors (Lipinski definition) is 6. The average molecular weight is 345 g/mol. The molecule has 0 radical (unpaired) electrons. The molecular formula is C18H25N4O3+. The summed E-state index contributed by atoms with van der Waals surface area (Å²) in [7, 11) is 1.62. The van der Waals surface area contributed by atoms with Crippen molar-refractivity contribution in [3.05, 3.63) is 42.7 Å². The second-order valence-corrected chi connectivity index (χ2v) is 6.13. The van der Waals surface area contributed by atoms with Crippen LogP contribution in [0.3, 0.4) is 0 Å². The second kappa shape index (κ2) is 8.64. The molecule has 134 valence electrons. The third-order valence-corrected chi connectivity index (χ3v) is 4.31. The molecule has 2 aromatic rings. The molecule has 0 bridgehead atoms. The molecule has 2 heterocycles. The Balaban J connectivity index is 1.41. The quantitative estimate of drug-likeness (QED) is 0.714. The summed E-state index contributed by atoms with van der Waals surface area (Å²) in [6.07, 6.45) is 3.03. The number of nitrogens with one attached hydrogen (secondary N) is 1. The zero-order valence-corrected chi connectivity index (χ0v) is 14.5. The van der Waals surface area contributed by atoms with Gasteiger partial charge in [-0.15, -0.1) is 0 Å². The molecule has 0 saturated carbocycles. The van der Waals surface area contributed by atoms with Crippen LogP contribution in [0.1, 0.15) is 0 Å². The Bertz CT molecular complexity index is 648. The first-order valence-electron chi connectivity index (χ1n) is 8.55. The van der Waals surface area contributed by atoms with Gasteiger partial charge in [0.25, 0.3) is 0 Å². The monoisotopic (exact) mass is 345 g/mol. The highest BCUT2D eigenvalue weighted by molar-refractivity contribution is 5.32. The maximum absolute atomic E-state index is 10.3. The molecule has 1 atom stereocenters. The Kier molecular flexibility index (Phi) is 6.03. The van der Waals surface area contributed by atoms with Gasteiger partial charge in [0.2, 0.25) is 5.95 Å². The minimum Gasteiger partial charge on any atom is -0.497 e. The molecule has 0 amide bonds. The van der Waals surface area contributed by atoms with E-state index in [0.29, 0.717) is 12.3 Å². The number of aliphatic hydroxyl groups is 1. The van der Waals surface area contributed by atoms with Crippen molar-refractivity contribution >= 4 is 5.95 Å². The van der Waals surface area contributed by atoms with E-state index in [-0.39, 0.29) is 6.61 Å². The molecule has 1 fully saturated rings. The summed E-state index contributed by atoms with van der Waals surface area (Å²) in [5, 5.41) is 10.3. The van der Waals surface area contributed by atoms with Gasteiger partial charge in [0.15, 0.2) is 0 Å². The maximum Gasteiger partial charge on any atom is 0.225 e. The van der Waals surface area contributed by atoms with Crippen LogP contribution in [0, 0.1) is 0 Å². The fraction of sp³-hybridized carbons (Fsp3) is 0.444. The van der Waals surface area contributed by atoms with Crippen molar-refractivity contribution in [2.24, 2.45) is 0 Å². The van der Waals surface area contributed by atoms with Gasteiger partial charge in [-0.2, -0.15) is 0 Å². The molecule has 2 N–H and O–H groups in total. The number of quaternary nitrogens is 1. The predicted molar refractivity (Wildman–Crippen MR) is 94.3 cm³/mol. The van der Waals surface area contributed by atoms with Crippen LogP contribution in [0.25, 0.3) is 0 Å². The van der Waals surface area contributed by atoms with E-state index in [1.807, 2.05) is 30.3 Å². The average Bonchev–Trinajstić information content (AvgIpc) is 2.68. The number of anilines is 1. The number of benzene rings is 1. The fourth-order valence-electron chi connectivity index (χ4n) is 2.96. The van der Waals surface area contributed by atoms with Gasteiger partial charge in [-0.05, 0) is 18.2 Å². The number of aliphatic hydroxyl groups excluding tert-OH is 1. The molecule has 1 aliphatic rings. The minimum atomic E-state index is -0.499. The fourth-order valence-corrected chi connectivity index (χ4v) is 2.96. The van der Waals surface area contributed by atoms with Crippen LogP contribution in [0.15, 0.2) is 42.7 Å². The van der Waals surface area contributed by atoms with E-state index in [0.717, 1.165) is 37.9 Å². The Hall–Kier alpha value is -2.38. The van der Waals surface area contributed by atoms with Gasteiger partial charge in [-0.25, -0.2) is 9.97 Å². The number of hydrogen-bond donors (Lipinski definition) is 2. The highest BCUT2D eigenvalue weighted by atomic mass is 16.5. The van der Waals surface area contributed by atoms with Crippen molar-refractivity contribution < 1.29 is 19.5 Å². The molecule has 0 aliphatic carbocycles. The smallest absolute Gasteiger partial charge is 0.225 e. The van der Waals surface area contributed by atoms with Gasteiger partial charge in [0.1, 0.15) is 30.8 Å². The Labute approximate surface area is 147 Å². The highest BCUT2D eigenvalue weighted by Crippen LogP contribution is 2.18. The molecule has 1 aromatic heterocycles. The van der Waals surface area contributed by atoms with Crippen LogP contribution in [-0.2, 0) is 0 Å². The highest BCUT2D eigenvalue weighted by Gasteiger charge is 2.23. The van der Waals surface area contributed by atoms with Gasteiger partial charge >= 0.3 is 0 Å². The van der Waals surface area contributed by atoms with Crippen molar-refractivity contribution in [1.29, 1.82) is 0 Å². The van der Waals surface area contributed by atoms with E-state index in [4.69, 9.17) is 9.47 Å². The number of nitrogens with zero attached hydrogens (tertiary/aromatic N) is 3. The molecule has 1 saturated heterocycles. The first-order valence-corrected chi connectivity index (χ1v) is 8.55. The lowest BCUT2D eigenvalue weighted by Crippen LogP contribution is -3.16. The molecule has 7 nitrogen and oxygen atoms in total. The summed E-state index contributed by atoms with van der Waals surface area (Å²) in [5.41, 5.74) is 0. The normalized spacial score (nSPS) is 16.5. The summed E-state index contributed by atoms with van der Waals surface area (Å²) < 4.78 is 10.8. The molecule has 1 aliphatic heterocycles. The van der Waals surface area contributed by atoms with Gasteiger partial charge in [-0.3, -0.25) is 0 Å². The number of methoxy groups -OCH3 is 1. The first-order chi connectivity index (χ1) is 12.2. The first kappa shape index (κ1) is 17.4. The topological polar surface area (TPSA) is 72.2 Å². The molecule has 25 heavy (non-hydrogen) atoms. The molecule has 1 aromatic carbocycles. The lowest BCUT2D eigenvalue weighted by molar-refractivity contribution is -0.903. The van der Waals surface area contributed by atoms with Crippen molar-refractivity contribution in [3.63, 3.8) is 0 Å². The van der Waals surface area contributed by atoms with Crippen molar-refractivity contribution in [2.45, 2.75) is 6.10 Å². The minimum absolute atomic E-state index is 0.280. The van der Waals surface area contributed by atoms with Crippen LogP contribution in [0.5, 0.6) is 11.5 Å². The lowest BCUT2D eigenvalue weighted by atomic mass is 10.2. The summed E-state index contributed by atoms with van der Waals surface area (Å²) in [6, 6.07) is 9.24.